The van der Waals surface area contributed by atoms with Crippen LogP contribution in [0.3, 0.4) is 0 Å². The van der Waals surface area contributed by atoms with Gasteiger partial charge in [0, 0.05) is 29.9 Å². The number of amides is 2. The second-order valence-corrected chi connectivity index (χ2v) is 9.27. The number of hydrogen-bond acceptors (Lipinski definition) is 7. The third-order valence-corrected chi connectivity index (χ3v) is 6.93. The summed E-state index contributed by atoms with van der Waals surface area (Å²) in [6, 6.07) is 1.93. The number of hydrogen-bond donors (Lipinski definition) is 2. The molecular weight excluding hydrogens is 456 g/mol. The zero-order valence-corrected chi connectivity index (χ0v) is 20.8. The number of thiophene rings is 1. The van der Waals surface area contributed by atoms with Crippen molar-refractivity contribution < 1.29 is 23.9 Å². The summed E-state index contributed by atoms with van der Waals surface area (Å²) in [6.45, 7) is 11.2. The number of anilines is 1. The Balaban J connectivity index is 1.77. The number of ether oxygens (including phenoxy) is 2. The van der Waals surface area contributed by atoms with Gasteiger partial charge in [-0.05, 0) is 51.8 Å². The minimum absolute atomic E-state index is 0.162. The lowest BCUT2D eigenvalue weighted by atomic mass is 10.1. The van der Waals surface area contributed by atoms with Crippen LogP contribution in [-0.4, -0.2) is 65.6 Å². The fourth-order valence-electron chi connectivity index (χ4n) is 4.28. The first-order valence-corrected chi connectivity index (χ1v) is 12.0. The van der Waals surface area contributed by atoms with Crippen molar-refractivity contribution in [3.05, 3.63) is 44.7 Å². The van der Waals surface area contributed by atoms with E-state index < -0.39 is 11.9 Å². The van der Waals surface area contributed by atoms with Gasteiger partial charge in [0.15, 0.2) is 0 Å². The summed E-state index contributed by atoms with van der Waals surface area (Å²) in [4.78, 5) is 49.7. The predicted octanol–water partition coefficient (Wildman–Crippen LogP) is 3.76. The highest BCUT2D eigenvalue weighted by atomic mass is 32.1. The maximum Gasteiger partial charge on any atom is 0.340 e. The van der Waals surface area contributed by atoms with Crippen molar-refractivity contribution in [2.24, 2.45) is 0 Å². The number of nitrogens with one attached hydrogen (secondary N) is 2. The Morgan fingerprint density at radius 1 is 1.21 bits per heavy atom. The number of carbonyl (C=O) groups is 3. The van der Waals surface area contributed by atoms with Gasteiger partial charge in [0.25, 0.3) is 11.8 Å². The van der Waals surface area contributed by atoms with Gasteiger partial charge in [-0.15, -0.1) is 11.3 Å². The van der Waals surface area contributed by atoms with Crippen molar-refractivity contribution in [1.82, 2.24) is 14.9 Å². The van der Waals surface area contributed by atoms with Gasteiger partial charge >= 0.3 is 5.97 Å². The number of H-pyrrole nitrogens is 1. The molecule has 180 valence electrons. The lowest BCUT2D eigenvalue weighted by molar-refractivity contribution is 0.0306. The van der Waals surface area contributed by atoms with Crippen LogP contribution in [0.2, 0.25) is 0 Å². The van der Waals surface area contributed by atoms with E-state index in [1.165, 1.54) is 11.3 Å². The quantitative estimate of drug-likeness (QED) is 0.533. The molecule has 10 heteroatoms. The van der Waals surface area contributed by atoms with Gasteiger partial charge in [-0.2, -0.15) is 0 Å². The largest absolute Gasteiger partial charge is 0.462 e. The third-order valence-electron chi connectivity index (χ3n) is 5.86. The molecule has 4 rings (SSSR count). The molecule has 0 saturated carbocycles. The molecule has 0 aromatic carbocycles. The lowest BCUT2D eigenvalue weighted by Gasteiger charge is -2.26. The van der Waals surface area contributed by atoms with E-state index >= 15 is 0 Å². The Morgan fingerprint density at radius 2 is 1.91 bits per heavy atom. The van der Waals surface area contributed by atoms with Gasteiger partial charge in [0.05, 0.1) is 31.1 Å². The molecule has 2 N–H and O–H groups in total. The summed E-state index contributed by atoms with van der Waals surface area (Å²) >= 11 is 1.27. The minimum atomic E-state index is -0.479. The molecule has 0 radical (unpaired) electrons. The van der Waals surface area contributed by atoms with E-state index in [2.05, 4.69) is 15.3 Å². The first kappa shape index (κ1) is 23.9. The van der Waals surface area contributed by atoms with Gasteiger partial charge in [-0.3, -0.25) is 9.59 Å². The number of rotatable bonds is 5. The van der Waals surface area contributed by atoms with E-state index in [1.54, 1.807) is 25.7 Å². The zero-order valence-electron chi connectivity index (χ0n) is 20.0. The molecule has 1 aliphatic heterocycles. The van der Waals surface area contributed by atoms with E-state index in [4.69, 9.17) is 9.47 Å². The van der Waals surface area contributed by atoms with E-state index in [9.17, 15) is 14.4 Å². The van der Waals surface area contributed by atoms with Gasteiger partial charge in [0.2, 0.25) is 0 Å². The maximum absolute atomic E-state index is 13.4. The molecule has 0 spiro atoms. The molecule has 3 aromatic heterocycles. The minimum Gasteiger partial charge on any atom is -0.462 e. The number of fused-ring (bicyclic) bond motifs is 1. The number of aromatic nitrogens is 2. The van der Waals surface area contributed by atoms with Crippen molar-refractivity contribution in [1.29, 1.82) is 0 Å². The highest BCUT2D eigenvalue weighted by Gasteiger charge is 2.29. The van der Waals surface area contributed by atoms with Gasteiger partial charge < -0.3 is 24.7 Å². The predicted molar refractivity (Wildman–Crippen MR) is 130 cm³/mol. The number of esters is 1. The van der Waals surface area contributed by atoms with Crippen LogP contribution in [0.1, 0.15) is 60.0 Å². The van der Waals surface area contributed by atoms with Crippen LogP contribution in [0, 0.1) is 27.7 Å². The maximum atomic E-state index is 13.4. The fraction of sp³-hybridized carbons (Fsp3) is 0.417. The van der Waals surface area contributed by atoms with Crippen molar-refractivity contribution in [2.75, 3.05) is 38.2 Å². The molecular formula is C24H28N4O5S. The number of carbonyl (C=O) groups excluding carboxylic acids is 3. The van der Waals surface area contributed by atoms with Gasteiger partial charge in [0.1, 0.15) is 15.4 Å². The molecule has 0 aliphatic carbocycles. The summed E-state index contributed by atoms with van der Waals surface area (Å²) in [5.74, 6) is -1.08. The topological polar surface area (TPSA) is 114 Å². The van der Waals surface area contributed by atoms with Crippen molar-refractivity contribution in [2.45, 2.75) is 34.6 Å². The monoisotopic (exact) mass is 484 g/mol. The van der Waals surface area contributed by atoms with Crippen LogP contribution in [0.4, 0.5) is 5.69 Å². The first-order chi connectivity index (χ1) is 16.2. The van der Waals surface area contributed by atoms with Crippen LogP contribution in [-0.2, 0) is 9.47 Å². The zero-order chi connectivity index (χ0) is 24.6. The SMILES string of the molecule is CCOC(=O)c1c(C)[nH]c(C(=O)Nc2c(C(=O)N3CCOCC3)sc3nc(C)cc(C)c23)c1C. The average molecular weight is 485 g/mol. The molecule has 0 unspecified atom stereocenters. The normalized spacial score (nSPS) is 13.9. The van der Waals surface area contributed by atoms with E-state index in [0.29, 0.717) is 58.5 Å². The van der Waals surface area contributed by atoms with Gasteiger partial charge in [-0.1, -0.05) is 0 Å². The molecule has 9 nitrogen and oxygen atoms in total. The van der Waals surface area contributed by atoms with Gasteiger partial charge in [-0.25, -0.2) is 9.78 Å². The Hall–Kier alpha value is -3.24. The summed E-state index contributed by atoms with van der Waals surface area (Å²) in [5, 5.41) is 3.69. The summed E-state index contributed by atoms with van der Waals surface area (Å²) in [5.41, 5.74) is 3.85. The third kappa shape index (κ3) is 4.30. The lowest BCUT2D eigenvalue weighted by Crippen LogP contribution is -2.40. The first-order valence-electron chi connectivity index (χ1n) is 11.2. The summed E-state index contributed by atoms with van der Waals surface area (Å²) in [6.07, 6.45) is 0. The Labute approximate surface area is 201 Å². The van der Waals surface area contributed by atoms with Crippen LogP contribution in [0.15, 0.2) is 6.07 Å². The number of aryl methyl sites for hydroxylation is 3. The van der Waals surface area contributed by atoms with Crippen LogP contribution in [0.25, 0.3) is 10.2 Å². The van der Waals surface area contributed by atoms with Crippen molar-refractivity contribution in [3.8, 4) is 0 Å². The molecule has 2 amide bonds. The van der Waals surface area contributed by atoms with E-state index in [0.717, 1.165) is 16.6 Å². The highest BCUT2D eigenvalue weighted by molar-refractivity contribution is 7.21. The number of nitrogens with zero attached hydrogens (tertiary/aromatic N) is 2. The fourth-order valence-corrected chi connectivity index (χ4v) is 5.50. The Bertz CT molecular complexity index is 1290. The molecule has 1 fully saturated rings. The Morgan fingerprint density at radius 3 is 2.59 bits per heavy atom. The molecule has 0 bridgehead atoms. The summed E-state index contributed by atoms with van der Waals surface area (Å²) < 4.78 is 10.5. The van der Waals surface area contributed by atoms with Crippen LogP contribution < -0.4 is 5.32 Å². The second kappa shape index (κ2) is 9.55. The molecule has 34 heavy (non-hydrogen) atoms. The number of pyridine rings is 1. The number of aromatic amines is 1. The molecule has 1 aliphatic rings. The van der Waals surface area contributed by atoms with E-state index in [1.807, 2.05) is 19.9 Å². The summed E-state index contributed by atoms with van der Waals surface area (Å²) in [7, 11) is 0. The highest BCUT2D eigenvalue weighted by Crippen LogP contribution is 2.38. The molecule has 3 aromatic rings. The van der Waals surface area contributed by atoms with Crippen molar-refractivity contribution >= 4 is 45.0 Å². The molecule has 1 saturated heterocycles. The van der Waals surface area contributed by atoms with Crippen LogP contribution >= 0.6 is 11.3 Å². The van der Waals surface area contributed by atoms with E-state index in [-0.39, 0.29) is 18.2 Å². The standard InChI is InChI=1S/C24H28N4O5S/c1-6-33-24(31)17-14(4)18(26-15(17)5)21(29)27-19-16-12(2)11-13(3)25-22(16)34-20(19)23(30)28-7-9-32-10-8-28/h11,26H,6-10H2,1-5H3,(H,27,29). The number of morpholine rings is 1. The molecule has 4 heterocycles. The van der Waals surface area contributed by atoms with Crippen molar-refractivity contribution in [3.63, 3.8) is 0 Å². The Kier molecular flexibility index (Phi) is 6.72. The smallest absolute Gasteiger partial charge is 0.340 e. The van der Waals surface area contributed by atoms with Crippen LogP contribution in [0.5, 0.6) is 0 Å². The molecule has 0 atom stereocenters. The second-order valence-electron chi connectivity index (χ2n) is 8.27. The average Bonchev–Trinajstić information content (AvgIpc) is 3.30.